The molecule has 30 heavy (non-hydrogen) atoms. The summed E-state index contributed by atoms with van der Waals surface area (Å²) < 4.78 is 0. The predicted octanol–water partition coefficient (Wildman–Crippen LogP) is 4.47. The molecule has 1 N–H and O–H groups in total. The molecule has 6 rings (SSSR count). The fourth-order valence-corrected chi connectivity index (χ4v) is 4.33. The number of rotatable bonds is 4. The molecule has 6 heterocycles. The van der Waals surface area contributed by atoms with Gasteiger partial charge >= 0.3 is 0 Å². The molecule has 2 bridgehead atoms. The molecule has 3 aliphatic heterocycles. The van der Waals surface area contributed by atoms with Crippen molar-refractivity contribution in [3.63, 3.8) is 0 Å². The molecule has 1 fully saturated rings. The fourth-order valence-electron chi connectivity index (χ4n) is 4.33. The number of pyridine rings is 3. The molecule has 3 aromatic rings. The van der Waals surface area contributed by atoms with Crippen LogP contribution in [-0.4, -0.2) is 34.6 Å². The van der Waals surface area contributed by atoms with Gasteiger partial charge in [0.1, 0.15) is 11.6 Å². The molecule has 0 aliphatic carbocycles. The van der Waals surface area contributed by atoms with Gasteiger partial charge in [0, 0.05) is 43.8 Å². The monoisotopic (exact) mass is 398 g/mol. The minimum absolute atomic E-state index is 0.628. The lowest BCUT2D eigenvalue weighted by Crippen LogP contribution is -2.44. The summed E-state index contributed by atoms with van der Waals surface area (Å²) in [5.74, 6) is 3.17. The Hall–Kier alpha value is -3.41. The van der Waals surface area contributed by atoms with Crippen molar-refractivity contribution >= 4 is 17.3 Å². The van der Waals surface area contributed by atoms with E-state index in [0.717, 1.165) is 53.9 Å². The zero-order chi connectivity index (χ0) is 20.5. The van der Waals surface area contributed by atoms with E-state index in [4.69, 9.17) is 4.98 Å². The van der Waals surface area contributed by atoms with Crippen LogP contribution >= 0.6 is 0 Å². The second-order valence-electron chi connectivity index (χ2n) is 8.12. The van der Waals surface area contributed by atoms with Crippen molar-refractivity contribution in [1.82, 2.24) is 15.0 Å². The van der Waals surface area contributed by atoms with Gasteiger partial charge in [-0.05, 0) is 61.6 Å². The molecule has 6 nitrogen and oxygen atoms in total. The summed E-state index contributed by atoms with van der Waals surface area (Å²) in [7, 11) is 0. The van der Waals surface area contributed by atoms with Crippen molar-refractivity contribution in [2.24, 2.45) is 5.92 Å². The van der Waals surface area contributed by atoms with Crippen LogP contribution in [0.2, 0.25) is 0 Å². The Balaban J connectivity index is 1.57. The minimum Gasteiger partial charge on any atom is -0.369 e. The zero-order valence-electron chi connectivity index (χ0n) is 17.3. The number of nitrogens with zero attached hydrogens (tertiary/aromatic N) is 5. The van der Waals surface area contributed by atoms with Crippen LogP contribution in [0.4, 0.5) is 17.3 Å². The molecule has 1 saturated heterocycles. The Morgan fingerprint density at radius 1 is 1.13 bits per heavy atom. The quantitative estimate of drug-likeness (QED) is 0.700. The van der Waals surface area contributed by atoms with E-state index < -0.39 is 0 Å². The molecule has 0 unspecified atom stereocenters. The Labute approximate surface area is 177 Å². The molecule has 0 saturated carbocycles. The van der Waals surface area contributed by atoms with E-state index in [-0.39, 0.29) is 0 Å². The highest BCUT2D eigenvalue weighted by atomic mass is 15.3. The average molecular weight is 399 g/mol. The molecule has 3 aliphatic rings. The molecule has 6 heteroatoms. The summed E-state index contributed by atoms with van der Waals surface area (Å²) in [6.45, 7) is 9.47. The van der Waals surface area contributed by atoms with Crippen LogP contribution in [0.3, 0.4) is 0 Å². The van der Waals surface area contributed by atoms with Gasteiger partial charge in [0.15, 0.2) is 5.82 Å². The zero-order valence-corrected chi connectivity index (χ0v) is 17.3. The van der Waals surface area contributed by atoms with Gasteiger partial charge in [-0.3, -0.25) is 4.98 Å². The summed E-state index contributed by atoms with van der Waals surface area (Å²) in [6, 6.07) is 12.3. The summed E-state index contributed by atoms with van der Waals surface area (Å²) in [6.07, 6.45) is 7.91. The van der Waals surface area contributed by atoms with Crippen molar-refractivity contribution in [3.8, 4) is 11.3 Å². The second-order valence-corrected chi connectivity index (χ2v) is 8.12. The predicted molar refractivity (Wildman–Crippen MR) is 121 cm³/mol. The van der Waals surface area contributed by atoms with Gasteiger partial charge in [-0.25, -0.2) is 9.97 Å². The number of aryl methyl sites for hydroxylation is 1. The van der Waals surface area contributed by atoms with Crippen LogP contribution in [0.25, 0.3) is 11.3 Å². The number of hydrogen-bond acceptors (Lipinski definition) is 6. The third kappa shape index (κ3) is 3.61. The van der Waals surface area contributed by atoms with E-state index in [1.165, 1.54) is 18.5 Å². The molecule has 3 aromatic heterocycles. The van der Waals surface area contributed by atoms with Crippen molar-refractivity contribution in [1.29, 1.82) is 0 Å². The highest BCUT2D eigenvalue weighted by molar-refractivity contribution is 5.75. The minimum atomic E-state index is 0.628. The lowest BCUT2D eigenvalue weighted by atomic mass is 9.94. The van der Waals surface area contributed by atoms with Crippen LogP contribution in [0.5, 0.6) is 0 Å². The van der Waals surface area contributed by atoms with E-state index >= 15 is 0 Å². The number of piperidine rings is 1. The molecule has 0 radical (unpaired) electrons. The summed E-state index contributed by atoms with van der Waals surface area (Å²) in [5, 5.41) is 3.38. The highest BCUT2D eigenvalue weighted by Crippen LogP contribution is 2.38. The van der Waals surface area contributed by atoms with Crippen LogP contribution in [-0.2, 0) is 0 Å². The standard InChI is InChI=1S/C24H26N6/c1-17-13-20(15-25-14-17)21-6-7-22-24(28-21)30(16-19-8-11-29(22)12-9-19)18(2)27-23-5-3-4-10-26-23/h3-7,10,13-15,19H,2,8-9,11-12,16H2,1H3,(H,26,27). The van der Waals surface area contributed by atoms with E-state index in [0.29, 0.717) is 5.92 Å². The smallest absolute Gasteiger partial charge is 0.158 e. The van der Waals surface area contributed by atoms with Gasteiger partial charge < -0.3 is 15.1 Å². The third-order valence-electron chi connectivity index (χ3n) is 5.94. The summed E-state index contributed by atoms with van der Waals surface area (Å²) in [4.78, 5) is 18.5. The van der Waals surface area contributed by atoms with Crippen molar-refractivity contribution < 1.29 is 0 Å². The highest BCUT2D eigenvalue weighted by Gasteiger charge is 2.31. The van der Waals surface area contributed by atoms with E-state index in [1.807, 2.05) is 30.6 Å². The van der Waals surface area contributed by atoms with Gasteiger partial charge in [-0.15, -0.1) is 0 Å². The molecular weight excluding hydrogens is 372 g/mol. The normalized spacial score (nSPS) is 16.0. The Kier molecular flexibility index (Phi) is 4.83. The SMILES string of the molecule is C=C(Nc1ccccn1)N1CC2CCN(CC2)c2ccc(-c3cncc(C)c3)nc21. The van der Waals surface area contributed by atoms with Crippen molar-refractivity contribution in [2.75, 3.05) is 34.8 Å². The van der Waals surface area contributed by atoms with Crippen LogP contribution in [0.1, 0.15) is 18.4 Å². The number of nitrogens with one attached hydrogen (secondary N) is 1. The van der Waals surface area contributed by atoms with E-state index in [2.05, 4.69) is 56.8 Å². The molecular formula is C24H26N6. The average Bonchev–Trinajstić information content (AvgIpc) is 2.76. The molecule has 0 amide bonds. The number of anilines is 3. The summed E-state index contributed by atoms with van der Waals surface area (Å²) >= 11 is 0. The maximum absolute atomic E-state index is 5.11. The maximum Gasteiger partial charge on any atom is 0.158 e. The number of aromatic nitrogens is 3. The Bertz CT molecular complexity index is 1060. The largest absolute Gasteiger partial charge is 0.369 e. The second kappa shape index (κ2) is 7.78. The van der Waals surface area contributed by atoms with Crippen molar-refractivity contribution in [3.05, 3.63) is 73.0 Å². The first kappa shape index (κ1) is 18.6. The van der Waals surface area contributed by atoms with Gasteiger partial charge in [0.2, 0.25) is 0 Å². The topological polar surface area (TPSA) is 57.2 Å². The van der Waals surface area contributed by atoms with Gasteiger partial charge in [-0.1, -0.05) is 12.6 Å². The summed E-state index contributed by atoms with van der Waals surface area (Å²) in [5.41, 5.74) is 4.25. The Morgan fingerprint density at radius 3 is 2.77 bits per heavy atom. The van der Waals surface area contributed by atoms with Crippen LogP contribution in [0.15, 0.2) is 67.4 Å². The van der Waals surface area contributed by atoms with E-state index in [9.17, 15) is 0 Å². The first-order chi connectivity index (χ1) is 14.7. The van der Waals surface area contributed by atoms with Crippen LogP contribution < -0.4 is 15.1 Å². The van der Waals surface area contributed by atoms with Crippen LogP contribution in [0, 0.1) is 12.8 Å². The number of hydrogen-bond donors (Lipinski definition) is 1. The first-order valence-electron chi connectivity index (χ1n) is 10.5. The Morgan fingerprint density at radius 2 is 2.00 bits per heavy atom. The number of fused-ring (bicyclic) bond motifs is 3. The van der Waals surface area contributed by atoms with Gasteiger partial charge in [-0.2, -0.15) is 0 Å². The fraction of sp³-hybridized carbons (Fsp3) is 0.292. The molecule has 0 aromatic carbocycles. The lowest BCUT2D eigenvalue weighted by molar-refractivity contribution is 0.401. The third-order valence-corrected chi connectivity index (χ3v) is 5.94. The molecule has 0 atom stereocenters. The molecule has 152 valence electrons. The first-order valence-corrected chi connectivity index (χ1v) is 10.5. The van der Waals surface area contributed by atoms with Gasteiger partial charge in [0.25, 0.3) is 0 Å². The lowest BCUT2D eigenvalue weighted by Gasteiger charge is -2.42. The molecule has 0 spiro atoms. The van der Waals surface area contributed by atoms with Gasteiger partial charge in [0.05, 0.1) is 11.4 Å². The van der Waals surface area contributed by atoms with E-state index in [1.54, 1.807) is 6.20 Å². The van der Waals surface area contributed by atoms with Crippen molar-refractivity contribution in [2.45, 2.75) is 19.8 Å². The maximum atomic E-state index is 5.11.